The van der Waals surface area contributed by atoms with E-state index in [2.05, 4.69) is 45.1 Å². The van der Waals surface area contributed by atoms with E-state index in [0.717, 1.165) is 17.4 Å². The number of carbonyl (C=O) groups excluding carboxylic acids is 1. The molecule has 8 heteroatoms. The summed E-state index contributed by atoms with van der Waals surface area (Å²) in [6.45, 7) is 19.9. The molecule has 0 bridgehead atoms. The summed E-state index contributed by atoms with van der Waals surface area (Å²) < 4.78 is 1.87. The van der Waals surface area contributed by atoms with Crippen molar-refractivity contribution in [3.8, 4) is 0 Å². The Hall–Kier alpha value is -2.53. The third-order valence-electron chi connectivity index (χ3n) is 4.88. The van der Waals surface area contributed by atoms with Crippen LogP contribution >= 0.6 is 0 Å². The van der Waals surface area contributed by atoms with Gasteiger partial charge in [0.25, 0.3) is 5.82 Å². The summed E-state index contributed by atoms with van der Waals surface area (Å²) in [7, 11) is -1.32. The molecule has 0 fully saturated rings. The zero-order valence-corrected chi connectivity index (χ0v) is 17.8. The standard InChI is InChI=1S/C19H26N6OSi/c1-18(2)14-8-9-15(20-4)21-16(14)19(3,17(26)22-18)10-13-11-25(24-23-13)12-27(5,6)7/h8-9,11H,10,12H2,1-3,5-7H3,(H,22,26). The van der Waals surface area contributed by atoms with Gasteiger partial charge in [0.05, 0.1) is 19.3 Å². The minimum absolute atomic E-state index is 0.102. The highest BCUT2D eigenvalue weighted by molar-refractivity contribution is 6.74. The van der Waals surface area contributed by atoms with E-state index in [1.807, 2.05) is 37.7 Å². The summed E-state index contributed by atoms with van der Waals surface area (Å²) in [6.07, 6.45) is 3.20. The molecule has 7 nitrogen and oxygen atoms in total. The van der Waals surface area contributed by atoms with Crippen molar-refractivity contribution in [2.75, 3.05) is 0 Å². The first kappa shape index (κ1) is 19.2. The monoisotopic (exact) mass is 382 g/mol. The van der Waals surface area contributed by atoms with Gasteiger partial charge in [0.1, 0.15) is 5.41 Å². The van der Waals surface area contributed by atoms with E-state index in [4.69, 9.17) is 6.57 Å². The molecule has 0 saturated carbocycles. The number of hydrogen-bond donors (Lipinski definition) is 1. The second-order valence-electron chi connectivity index (χ2n) is 9.23. The Morgan fingerprint density at radius 3 is 2.59 bits per heavy atom. The van der Waals surface area contributed by atoms with Crippen LogP contribution < -0.4 is 5.32 Å². The molecule has 0 aliphatic carbocycles. The van der Waals surface area contributed by atoms with E-state index < -0.39 is 19.0 Å². The molecule has 27 heavy (non-hydrogen) atoms. The molecule has 2 aromatic rings. The number of rotatable bonds is 4. The second-order valence-corrected chi connectivity index (χ2v) is 14.7. The van der Waals surface area contributed by atoms with Gasteiger partial charge in [-0.25, -0.2) is 0 Å². The van der Waals surface area contributed by atoms with Crippen molar-refractivity contribution < 1.29 is 4.79 Å². The van der Waals surface area contributed by atoms with Gasteiger partial charge in [-0.1, -0.05) is 37.5 Å². The van der Waals surface area contributed by atoms with Crippen molar-refractivity contribution >= 4 is 19.8 Å². The fourth-order valence-corrected chi connectivity index (χ4v) is 4.67. The summed E-state index contributed by atoms with van der Waals surface area (Å²) in [6, 6.07) is 3.60. The van der Waals surface area contributed by atoms with Crippen LogP contribution in [0.2, 0.25) is 19.6 Å². The molecule has 142 valence electrons. The first-order chi connectivity index (χ1) is 12.4. The van der Waals surface area contributed by atoms with Crippen molar-refractivity contribution in [1.29, 1.82) is 0 Å². The van der Waals surface area contributed by atoms with E-state index in [9.17, 15) is 4.79 Å². The fourth-order valence-electron chi connectivity index (χ4n) is 3.54. The summed E-state index contributed by atoms with van der Waals surface area (Å²) in [5.41, 5.74) is 0.920. The Balaban J connectivity index is 2.02. The molecule has 1 aliphatic rings. The van der Waals surface area contributed by atoms with Crippen LogP contribution in [0.5, 0.6) is 0 Å². The molecule has 0 spiro atoms. The molecule has 1 amide bonds. The molecular formula is C19H26N6OSi. The number of nitrogens with zero attached hydrogens (tertiary/aromatic N) is 5. The van der Waals surface area contributed by atoms with Crippen molar-refractivity contribution in [3.63, 3.8) is 0 Å². The molecular weight excluding hydrogens is 356 g/mol. The molecule has 1 unspecified atom stereocenters. The van der Waals surface area contributed by atoms with Crippen molar-refractivity contribution in [2.45, 2.75) is 64.0 Å². The average molecular weight is 383 g/mol. The van der Waals surface area contributed by atoms with Gasteiger partial charge in [0.15, 0.2) is 5.69 Å². The van der Waals surface area contributed by atoms with Gasteiger partial charge >= 0.3 is 0 Å². The second kappa shape index (κ2) is 6.27. The maximum absolute atomic E-state index is 13.1. The van der Waals surface area contributed by atoms with Crippen LogP contribution in [0.15, 0.2) is 18.3 Å². The van der Waals surface area contributed by atoms with Gasteiger partial charge in [0.2, 0.25) is 5.91 Å². The van der Waals surface area contributed by atoms with Gasteiger partial charge in [0, 0.05) is 24.3 Å². The first-order valence-electron chi connectivity index (χ1n) is 9.06. The number of aromatic nitrogens is 4. The van der Waals surface area contributed by atoms with E-state index >= 15 is 0 Å². The van der Waals surface area contributed by atoms with Crippen molar-refractivity contribution in [1.82, 2.24) is 25.3 Å². The third kappa shape index (κ3) is 3.65. The van der Waals surface area contributed by atoms with Gasteiger partial charge in [-0.15, -0.1) is 10.1 Å². The Kier molecular flexibility index (Phi) is 4.47. The molecule has 3 rings (SSSR count). The SMILES string of the molecule is [C-]#[N+]c1ccc2c(n1)C(C)(Cc1cn(C[Si](C)(C)C)nn1)C(=O)NC2(C)C. The van der Waals surface area contributed by atoms with Crippen LogP contribution in [0.1, 0.15) is 37.7 Å². The molecule has 1 aliphatic heterocycles. The van der Waals surface area contributed by atoms with Crippen molar-refractivity contribution in [3.05, 3.63) is 46.7 Å². The Labute approximate surface area is 161 Å². The molecule has 2 aromatic heterocycles. The maximum atomic E-state index is 13.1. The molecule has 3 heterocycles. The highest BCUT2D eigenvalue weighted by Gasteiger charge is 2.50. The number of nitrogens with one attached hydrogen (secondary N) is 1. The van der Waals surface area contributed by atoms with Gasteiger partial charge in [-0.3, -0.25) is 9.48 Å². The number of pyridine rings is 1. The highest BCUT2D eigenvalue weighted by atomic mass is 28.3. The van der Waals surface area contributed by atoms with Crippen LogP contribution in [0, 0.1) is 6.57 Å². The Morgan fingerprint density at radius 2 is 1.96 bits per heavy atom. The number of carbonyl (C=O) groups is 1. The smallest absolute Gasteiger partial charge is 0.269 e. The van der Waals surface area contributed by atoms with E-state index in [1.165, 1.54) is 0 Å². The maximum Gasteiger partial charge on any atom is 0.269 e. The van der Waals surface area contributed by atoms with Crippen LogP contribution in [0.4, 0.5) is 5.82 Å². The predicted molar refractivity (Wildman–Crippen MR) is 106 cm³/mol. The Bertz CT molecular complexity index is 936. The fraction of sp³-hybridized carbons (Fsp3) is 0.526. The summed E-state index contributed by atoms with van der Waals surface area (Å²) >= 11 is 0. The first-order valence-corrected chi connectivity index (χ1v) is 12.8. The van der Waals surface area contributed by atoms with Gasteiger partial charge < -0.3 is 10.2 Å². The van der Waals surface area contributed by atoms with E-state index in [-0.39, 0.29) is 5.91 Å². The quantitative estimate of drug-likeness (QED) is 0.651. The zero-order chi connectivity index (χ0) is 20.0. The summed E-state index contributed by atoms with van der Waals surface area (Å²) in [5, 5.41) is 11.6. The van der Waals surface area contributed by atoms with Crippen LogP contribution in [0.25, 0.3) is 4.85 Å². The number of hydrogen-bond acceptors (Lipinski definition) is 4. The molecule has 1 N–H and O–H groups in total. The van der Waals surface area contributed by atoms with Crippen LogP contribution in [0.3, 0.4) is 0 Å². The lowest BCUT2D eigenvalue weighted by Gasteiger charge is -2.40. The minimum atomic E-state index is -1.32. The lowest BCUT2D eigenvalue weighted by Crippen LogP contribution is -2.57. The largest absolute Gasteiger partial charge is 0.361 e. The Morgan fingerprint density at radius 1 is 1.26 bits per heavy atom. The molecule has 0 saturated heterocycles. The molecule has 0 aromatic carbocycles. The van der Waals surface area contributed by atoms with Crippen molar-refractivity contribution in [2.24, 2.45) is 0 Å². The zero-order valence-electron chi connectivity index (χ0n) is 16.8. The number of fused-ring (bicyclic) bond motifs is 1. The van der Waals surface area contributed by atoms with E-state index in [0.29, 0.717) is 17.9 Å². The van der Waals surface area contributed by atoms with Gasteiger partial charge in [-0.2, -0.15) is 0 Å². The lowest BCUT2D eigenvalue weighted by molar-refractivity contribution is -0.129. The highest BCUT2D eigenvalue weighted by Crippen LogP contribution is 2.40. The summed E-state index contributed by atoms with van der Waals surface area (Å²) in [5.74, 6) is 0.197. The lowest BCUT2D eigenvalue weighted by atomic mass is 9.71. The van der Waals surface area contributed by atoms with Crippen LogP contribution in [-0.4, -0.2) is 34.0 Å². The predicted octanol–water partition coefficient (Wildman–Crippen LogP) is 2.97. The third-order valence-corrected chi connectivity index (χ3v) is 6.15. The topological polar surface area (TPSA) is 77.1 Å². The normalized spacial score (nSPS) is 21.3. The minimum Gasteiger partial charge on any atom is -0.361 e. The average Bonchev–Trinajstić information content (AvgIpc) is 2.97. The van der Waals surface area contributed by atoms with Gasteiger partial charge in [-0.05, 0) is 26.8 Å². The van der Waals surface area contributed by atoms with Crippen LogP contribution in [-0.2, 0) is 28.3 Å². The molecule has 1 atom stereocenters. The summed E-state index contributed by atoms with van der Waals surface area (Å²) in [4.78, 5) is 21.0. The van der Waals surface area contributed by atoms with E-state index in [1.54, 1.807) is 6.07 Å². The molecule has 0 radical (unpaired) electrons. The number of amides is 1.